The van der Waals surface area contributed by atoms with E-state index in [0.717, 1.165) is 18.9 Å². The first-order valence-corrected chi connectivity index (χ1v) is 7.26. The van der Waals surface area contributed by atoms with Gasteiger partial charge in [-0.1, -0.05) is 20.8 Å². The van der Waals surface area contributed by atoms with Gasteiger partial charge in [-0.15, -0.1) is 5.10 Å². The molecule has 0 saturated carbocycles. The summed E-state index contributed by atoms with van der Waals surface area (Å²) >= 11 is 0. The van der Waals surface area contributed by atoms with Gasteiger partial charge in [0.2, 0.25) is 5.82 Å². The fourth-order valence-corrected chi connectivity index (χ4v) is 2.45. The van der Waals surface area contributed by atoms with Crippen molar-refractivity contribution in [2.75, 3.05) is 26.7 Å². The van der Waals surface area contributed by atoms with Crippen molar-refractivity contribution in [3.8, 4) is 0 Å². The summed E-state index contributed by atoms with van der Waals surface area (Å²) < 4.78 is 0. The normalized spacial score (nSPS) is 20.9. The van der Waals surface area contributed by atoms with E-state index in [4.69, 9.17) is 0 Å². The van der Waals surface area contributed by atoms with E-state index >= 15 is 0 Å². The lowest BCUT2D eigenvalue weighted by Gasteiger charge is -2.29. The van der Waals surface area contributed by atoms with Gasteiger partial charge in [-0.2, -0.15) is 0 Å². The monoisotopic (exact) mass is 279 g/mol. The highest BCUT2D eigenvalue weighted by molar-refractivity contribution is 5.90. The molecule has 0 aromatic carbocycles. The van der Waals surface area contributed by atoms with Crippen molar-refractivity contribution in [2.45, 2.75) is 39.0 Å². The molecule has 6 heteroatoms. The summed E-state index contributed by atoms with van der Waals surface area (Å²) in [6.45, 7) is 9.00. The van der Waals surface area contributed by atoms with Crippen LogP contribution in [0.1, 0.15) is 50.1 Å². The van der Waals surface area contributed by atoms with Gasteiger partial charge in [-0.25, -0.2) is 4.98 Å². The molecular weight excluding hydrogens is 254 g/mol. The largest absolute Gasteiger partial charge is 0.349 e. The van der Waals surface area contributed by atoms with E-state index in [9.17, 15) is 4.79 Å². The lowest BCUT2D eigenvalue weighted by Crippen LogP contribution is -2.39. The van der Waals surface area contributed by atoms with Crippen LogP contribution in [0.2, 0.25) is 0 Å². The summed E-state index contributed by atoms with van der Waals surface area (Å²) in [5.41, 5.74) is -0.127. The molecule has 6 nitrogen and oxygen atoms in total. The van der Waals surface area contributed by atoms with Crippen LogP contribution in [-0.4, -0.2) is 52.7 Å². The van der Waals surface area contributed by atoms with Gasteiger partial charge in [0.15, 0.2) is 0 Å². The maximum Gasteiger partial charge on any atom is 0.290 e. The second kappa shape index (κ2) is 5.91. The number of nitrogens with zero attached hydrogens (tertiary/aromatic N) is 3. The van der Waals surface area contributed by atoms with Crippen molar-refractivity contribution < 1.29 is 4.79 Å². The van der Waals surface area contributed by atoms with Crippen LogP contribution in [0.15, 0.2) is 0 Å². The van der Waals surface area contributed by atoms with Gasteiger partial charge in [0.1, 0.15) is 5.82 Å². The van der Waals surface area contributed by atoms with Crippen molar-refractivity contribution in [3.05, 3.63) is 11.6 Å². The first-order chi connectivity index (χ1) is 9.36. The number of carbonyl (C=O) groups excluding carboxylic acids is 1. The lowest BCUT2D eigenvalue weighted by atomic mass is 9.96. The van der Waals surface area contributed by atoms with Gasteiger partial charge in [-0.05, 0) is 32.4 Å². The minimum atomic E-state index is -0.190. The molecule has 1 amide bonds. The van der Waals surface area contributed by atoms with E-state index in [1.54, 1.807) is 0 Å². The number of H-pyrrole nitrogens is 1. The number of carbonyl (C=O) groups is 1. The van der Waals surface area contributed by atoms with E-state index in [-0.39, 0.29) is 17.1 Å². The Kier molecular flexibility index (Phi) is 4.42. The summed E-state index contributed by atoms with van der Waals surface area (Å²) in [5.74, 6) is 1.31. The van der Waals surface area contributed by atoms with Crippen molar-refractivity contribution in [1.82, 2.24) is 25.4 Å². The number of hydrogen-bond donors (Lipinski definition) is 2. The van der Waals surface area contributed by atoms with E-state index in [1.807, 2.05) is 20.8 Å². The topological polar surface area (TPSA) is 73.9 Å². The molecule has 2 rings (SSSR count). The molecule has 1 saturated heterocycles. The molecule has 1 aromatic heterocycles. The quantitative estimate of drug-likeness (QED) is 0.871. The Bertz CT molecular complexity index is 462. The van der Waals surface area contributed by atoms with Gasteiger partial charge in [0.25, 0.3) is 5.91 Å². The Morgan fingerprint density at radius 2 is 2.25 bits per heavy atom. The van der Waals surface area contributed by atoms with Crippen LogP contribution < -0.4 is 5.32 Å². The third-order valence-corrected chi connectivity index (χ3v) is 3.67. The van der Waals surface area contributed by atoms with Gasteiger partial charge >= 0.3 is 0 Å². The number of nitrogens with one attached hydrogen (secondary N) is 2. The van der Waals surface area contributed by atoms with Gasteiger partial charge < -0.3 is 10.2 Å². The van der Waals surface area contributed by atoms with Crippen LogP contribution >= 0.6 is 0 Å². The molecule has 20 heavy (non-hydrogen) atoms. The minimum absolute atomic E-state index is 0.127. The minimum Gasteiger partial charge on any atom is -0.349 e. The Morgan fingerprint density at radius 1 is 1.50 bits per heavy atom. The smallest absolute Gasteiger partial charge is 0.290 e. The zero-order chi connectivity index (χ0) is 14.8. The maximum absolute atomic E-state index is 12.0. The predicted molar refractivity (Wildman–Crippen MR) is 77.6 cm³/mol. The van der Waals surface area contributed by atoms with Crippen LogP contribution in [0.4, 0.5) is 0 Å². The summed E-state index contributed by atoms with van der Waals surface area (Å²) in [6, 6.07) is 0. The Labute approximate surface area is 120 Å². The Hall–Kier alpha value is -1.43. The molecular formula is C14H25N5O. The second-order valence-corrected chi connectivity index (χ2v) is 6.74. The Morgan fingerprint density at radius 3 is 2.85 bits per heavy atom. The fraction of sp³-hybridized carbons (Fsp3) is 0.786. The molecule has 2 N–H and O–H groups in total. The van der Waals surface area contributed by atoms with Crippen LogP contribution in [0.25, 0.3) is 0 Å². The number of amides is 1. The molecule has 1 aliphatic heterocycles. The van der Waals surface area contributed by atoms with Crippen molar-refractivity contribution in [2.24, 2.45) is 5.92 Å². The standard InChI is InChI=1S/C14H25N5O/c1-14(2,3)13-16-11(17-18-13)12(20)15-8-10-6-5-7-19(4)9-10/h10H,5-9H2,1-4H3,(H,15,20)(H,16,17,18). The summed E-state index contributed by atoms with van der Waals surface area (Å²) in [5, 5.41) is 9.79. The average Bonchev–Trinajstić information content (AvgIpc) is 2.85. The van der Waals surface area contributed by atoms with E-state index in [2.05, 4.69) is 32.4 Å². The van der Waals surface area contributed by atoms with Gasteiger partial charge in [0, 0.05) is 18.5 Å². The SMILES string of the molecule is CN1CCCC(CNC(=O)c2n[nH]c(C(C)(C)C)n2)C1. The molecule has 2 heterocycles. The average molecular weight is 279 g/mol. The van der Waals surface area contributed by atoms with Crippen LogP contribution in [0.5, 0.6) is 0 Å². The molecule has 112 valence electrons. The number of piperidine rings is 1. The van der Waals surface area contributed by atoms with E-state index in [0.29, 0.717) is 12.5 Å². The van der Waals surface area contributed by atoms with Gasteiger partial charge in [-0.3, -0.25) is 9.89 Å². The van der Waals surface area contributed by atoms with Crippen molar-refractivity contribution >= 4 is 5.91 Å². The number of hydrogen-bond acceptors (Lipinski definition) is 4. The molecule has 0 radical (unpaired) electrons. The number of aromatic nitrogens is 3. The molecule has 1 aromatic rings. The highest BCUT2D eigenvalue weighted by atomic mass is 16.2. The number of rotatable bonds is 3. The molecule has 1 unspecified atom stereocenters. The van der Waals surface area contributed by atoms with Crippen molar-refractivity contribution in [1.29, 1.82) is 0 Å². The molecule has 1 aliphatic rings. The van der Waals surface area contributed by atoms with Crippen LogP contribution in [0, 0.1) is 5.92 Å². The maximum atomic E-state index is 12.0. The van der Waals surface area contributed by atoms with Crippen LogP contribution in [-0.2, 0) is 5.41 Å². The predicted octanol–water partition coefficient (Wildman–Crippen LogP) is 1.17. The summed E-state index contributed by atoms with van der Waals surface area (Å²) in [6.07, 6.45) is 2.37. The summed E-state index contributed by atoms with van der Waals surface area (Å²) in [7, 11) is 2.12. The Balaban J connectivity index is 1.87. The zero-order valence-electron chi connectivity index (χ0n) is 12.9. The van der Waals surface area contributed by atoms with Gasteiger partial charge in [0.05, 0.1) is 0 Å². The third kappa shape index (κ3) is 3.79. The van der Waals surface area contributed by atoms with E-state index in [1.165, 1.54) is 12.8 Å². The number of likely N-dealkylation sites (tertiary alicyclic amines) is 1. The zero-order valence-corrected chi connectivity index (χ0v) is 12.9. The molecule has 0 bridgehead atoms. The molecule has 0 aliphatic carbocycles. The van der Waals surface area contributed by atoms with Crippen molar-refractivity contribution in [3.63, 3.8) is 0 Å². The highest BCUT2D eigenvalue weighted by Gasteiger charge is 2.22. The highest BCUT2D eigenvalue weighted by Crippen LogP contribution is 2.17. The number of aromatic amines is 1. The second-order valence-electron chi connectivity index (χ2n) is 6.74. The lowest BCUT2D eigenvalue weighted by molar-refractivity contribution is 0.0926. The summed E-state index contributed by atoms with van der Waals surface area (Å²) in [4.78, 5) is 18.6. The fourth-order valence-electron chi connectivity index (χ4n) is 2.45. The van der Waals surface area contributed by atoms with E-state index < -0.39 is 0 Å². The molecule has 1 atom stereocenters. The first kappa shape index (κ1) is 15.0. The first-order valence-electron chi connectivity index (χ1n) is 7.26. The van der Waals surface area contributed by atoms with Crippen LogP contribution in [0.3, 0.4) is 0 Å². The molecule has 1 fully saturated rings. The molecule has 0 spiro atoms. The third-order valence-electron chi connectivity index (χ3n) is 3.67.